The number of carbonyl (C=O) groups is 2. The Morgan fingerprint density at radius 2 is 1.75 bits per heavy atom. The SMILES string of the molecule is CCOCCOC(=O)C1=C(C)NC2=C(C(=O)CC(c3ccc(OC)c(OC)c3)C2)C1c1ccccc1OC(C)C. The Kier molecular flexibility index (Phi) is 9.53. The molecule has 2 aromatic rings. The highest BCUT2D eigenvalue weighted by atomic mass is 16.6. The molecule has 0 aromatic heterocycles. The van der Waals surface area contributed by atoms with Crippen LogP contribution in [-0.4, -0.2) is 51.9 Å². The molecule has 2 aliphatic rings. The van der Waals surface area contributed by atoms with Gasteiger partial charge in [0.15, 0.2) is 17.3 Å². The van der Waals surface area contributed by atoms with Gasteiger partial charge >= 0.3 is 5.97 Å². The van der Waals surface area contributed by atoms with Crippen LogP contribution in [0, 0.1) is 0 Å². The molecular formula is C32H39NO7. The second kappa shape index (κ2) is 13.0. The Balaban J connectivity index is 1.76. The van der Waals surface area contributed by atoms with E-state index in [9.17, 15) is 9.59 Å². The van der Waals surface area contributed by atoms with Gasteiger partial charge in [-0.15, -0.1) is 0 Å². The van der Waals surface area contributed by atoms with E-state index in [1.54, 1.807) is 14.2 Å². The molecule has 0 fully saturated rings. The zero-order valence-electron chi connectivity index (χ0n) is 24.2. The Morgan fingerprint density at radius 1 is 1.00 bits per heavy atom. The molecule has 1 aliphatic heterocycles. The molecule has 1 heterocycles. The molecule has 0 saturated heterocycles. The first-order valence-corrected chi connectivity index (χ1v) is 13.7. The monoisotopic (exact) mass is 549 g/mol. The van der Waals surface area contributed by atoms with Crippen molar-refractivity contribution in [3.05, 3.63) is 76.1 Å². The maximum Gasteiger partial charge on any atom is 0.336 e. The first-order valence-electron chi connectivity index (χ1n) is 13.7. The number of hydrogen-bond acceptors (Lipinski definition) is 8. The predicted octanol–water partition coefficient (Wildman–Crippen LogP) is 5.43. The first-order chi connectivity index (χ1) is 19.3. The minimum atomic E-state index is -0.621. The fraction of sp³-hybridized carbons (Fsp3) is 0.438. The Bertz CT molecular complexity index is 1310. The van der Waals surface area contributed by atoms with Crippen LogP contribution in [0.15, 0.2) is 65.0 Å². The van der Waals surface area contributed by atoms with Crippen molar-refractivity contribution in [2.24, 2.45) is 0 Å². The highest BCUT2D eigenvalue weighted by Gasteiger charge is 2.42. The molecule has 4 rings (SSSR count). The molecule has 0 spiro atoms. The molecule has 0 saturated carbocycles. The molecule has 0 radical (unpaired) electrons. The molecular weight excluding hydrogens is 510 g/mol. The zero-order valence-corrected chi connectivity index (χ0v) is 24.2. The van der Waals surface area contributed by atoms with Crippen molar-refractivity contribution >= 4 is 11.8 Å². The van der Waals surface area contributed by atoms with Crippen LogP contribution in [0.5, 0.6) is 17.2 Å². The van der Waals surface area contributed by atoms with Gasteiger partial charge in [-0.3, -0.25) is 4.79 Å². The number of esters is 1. The van der Waals surface area contributed by atoms with Gasteiger partial charge < -0.3 is 29.0 Å². The van der Waals surface area contributed by atoms with Gasteiger partial charge in [-0.1, -0.05) is 24.3 Å². The van der Waals surface area contributed by atoms with E-state index in [-0.39, 0.29) is 24.4 Å². The third-order valence-corrected chi connectivity index (χ3v) is 7.18. The summed E-state index contributed by atoms with van der Waals surface area (Å²) in [6.07, 6.45) is 0.815. The van der Waals surface area contributed by atoms with Crippen molar-refractivity contribution in [3.8, 4) is 17.2 Å². The third-order valence-electron chi connectivity index (χ3n) is 7.18. The number of ether oxygens (including phenoxy) is 5. The van der Waals surface area contributed by atoms with E-state index in [1.165, 1.54) is 0 Å². The number of methoxy groups -OCH3 is 2. The van der Waals surface area contributed by atoms with Gasteiger partial charge in [0.1, 0.15) is 12.4 Å². The van der Waals surface area contributed by atoms with Gasteiger partial charge in [0.2, 0.25) is 0 Å². The quantitative estimate of drug-likeness (QED) is 0.293. The van der Waals surface area contributed by atoms with E-state index in [0.717, 1.165) is 16.8 Å². The Hall–Kier alpha value is -3.78. The van der Waals surface area contributed by atoms with E-state index in [0.29, 0.717) is 60.1 Å². The minimum Gasteiger partial charge on any atom is -0.493 e. The van der Waals surface area contributed by atoms with E-state index in [2.05, 4.69) is 5.32 Å². The van der Waals surface area contributed by atoms with Gasteiger partial charge in [0.25, 0.3) is 0 Å². The lowest BCUT2D eigenvalue weighted by atomic mass is 9.71. The topological polar surface area (TPSA) is 92.3 Å². The van der Waals surface area contributed by atoms with Crippen LogP contribution in [0.25, 0.3) is 0 Å². The number of benzene rings is 2. The summed E-state index contributed by atoms with van der Waals surface area (Å²) >= 11 is 0. The number of carbonyl (C=O) groups excluding carboxylic acids is 2. The van der Waals surface area contributed by atoms with Gasteiger partial charge in [-0.25, -0.2) is 4.79 Å². The molecule has 2 unspecified atom stereocenters. The summed E-state index contributed by atoms with van der Waals surface area (Å²) in [7, 11) is 3.20. The van der Waals surface area contributed by atoms with Gasteiger partial charge in [0, 0.05) is 35.6 Å². The lowest BCUT2D eigenvalue weighted by Gasteiger charge is -2.37. The Labute approximate surface area is 236 Å². The number of para-hydroxylation sites is 1. The van der Waals surface area contributed by atoms with E-state index in [1.807, 2.05) is 70.2 Å². The normalized spacial score (nSPS) is 18.8. The summed E-state index contributed by atoms with van der Waals surface area (Å²) in [5.74, 6) is 0.712. The predicted molar refractivity (Wildman–Crippen MR) is 152 cm³/mol. The van der Waals surface area contributed by atoms with E-state index in [4.69, 9.17) is 23.7 Å². The second-order valence-electron chi connectivity index (χ2n) is 10.2. The molecule has 0 bridgehead atoms. The largest absolute Gasteiger partial charge is 0.493 e. The molecule has 40 heavy (non-hydrogen) atoms. The van der Waals surface area contributed by atoms with Crippen LogP contribution >= 0.6 is 0 Å². The second-order valence-corrected chi connectivity index (χ2v) is 10.2. The van der Waals surface area contributed by atoms with Crippen molar-refractivity contribution in [2.45, 2.75) is 58.5 Å². The smallest absolute Gasteiger partial charge is 0.336 e. The molecule has 1 aliphatic carbocycles. The van der Waals surface area contributed by atoms with Crippen LogP contribution < -0.4 is 19.5 Å². The average molecular weight is 550 g/mol. The molecule has 2 atom stereocenters. The standard InChI is InChI=1S/C32H39NO7/c1-7-38-14-15-39-32(35)29-20(4)33-24-16-22(21-12-13-27(36-5)28(18-21)37-6)17-25(34)31(24)30(29)23-10-8-9-11-26(23)40-19(2)3/h8-13,18-19,22,30,33H,7,14-17H2,1-6H3. The van der Waals surface area contributed by atoms with Crippen LogP contribution in [0.3, 0.4) is 0 Å². The maximum atomic E-state index is 14.0. The lowest BCUT2D eigenvalue weighted by Crippen LogP contribution is -2.36. The number of allylic oxidation sites excluding steroid dienone is 3. The average Bonchev–Trinajstić information content (AvgIpc) is 2.94. The summed E-state index contributed by atoms with van der Waals surface area (Å²) in [5, 5.41) is 3.40. The molecule has 8 heteroatoms. The highest BCUT2D eigenvalue weighted by Crippen LogP contribution is 2.48. The Morgan fingerprint density at radius 3 is 2.45 bits per heavy atom. The number of ketones is 1. The number of hydrogen-bond donors (Lipinski definition) is 1. The minimum absolute atomic E-state index is 0.0231. The van der Waals surface area contributed by atoms with Gasteiger partial charge in [-0.2, -0.15) is 0 Å². The van der Waals surface area contributed by atoms with Gasteiger partial charge in [-0.05, 0) is 63.8 Å². The zero-order chi connectivity index (χ0) is 28.8. The van der Waals surface area contributed by atoms with Crippen molar-refractivity contribution in [2.75, 3.05) is 34.0 Å². The van der Waals surface area contributed by atoms with Crippen molar-refractivity contribution in [1.82, 2.24) is 5.32 Å². The summed E-state index contributed by atoms with van der Waals surface area (Å²) in [6, 6.07) is 13.4. The van der Waals surface area contributed by atoms with Gasteiger partial charge in [0.05, 0.1) is 38.4 Å². The van der Waals surface area contributed by atoms with Crippen molar-refractivity contribution < 1.29 is 33.3 Å². The molecule has 2 aromatic carbocycles. The molecule has 1 N–H and O–H groups in total. The fourth-order valence-electron chi connectivity index (χ4n) is 5.46. The van der Waals surface area contributed by atoms with Crippen molar-refractivity contribution in [3.63, 3.8) is 0 Å². The van der Waals surface area contributed by atoms with Crippen LogP contribution in [-0.2, 0) is 19.1 Å². The first kappa shape index (κ1) is 29.2. The van der Waals surface area contributed by atoms with Crippen LogP contribution in [0.2, 0.25) is 0 Å². The lowest BCUT2D eigenvalue weighted by molar-refractivity contribution is -0.140. The van der Waals surface area contributed by atoms with Crippen LogP contribution in [0.4, 0.5) is 0 Å². The van der Waals surface area contributed by atoms with Crippen molar-refractivity contribution in [1.29, 1.82) is 0 Å². The maximum absolute atomic E-state index is 14.0. The number of rotatable bonds is 11. The summed E-state index contributed by atoms with van der Waals surface area (Å²) in [5.41, 5.74) is 4.21. The summed E-state index contributed by atoms with van der Waals surface area (Å²) in [6.45, 7) is 8.61. The number of Topliss-reactive ketones (excluding diaryl/α,β-unsaturated/α-hetero) is 1. The third kappa shape index (κ3) is 6.17. The molecule has 8 nitrogen and oxygen atoms in total. The van der Waals surface area contributed by atoms with E-state index >= 15 is 0 Å². The number of dihydropyridines is 1. The summed E-state index contributed by atoms with van der Waals surface area (Å²) < 4.78 is 28.0. The molecule has 214 valence electrons. The van der Waals surface area contributed by atoms with E-state index < -0.39 is 11.9 Å². The van der Waals surface area contributed by atoms with Crippen LogP contribution in [0.1, 0.15) is 63.5 Å². The molecule has 0 amide bonds. The summed E-state index contributed by atoms with van der Waals surface area (Å²) in [4.78, 5) is 27.5. The highest BCUT2D eigenvalue weighted by molar-refractivity contribution is 6.04. The fourth-order valence-corrected chi connectivity index (χ4v) is 5.46. The number of nitrogens with one attached hydrogen (secondary N) is 1.